The van der Waals surface area contributed by atoms with Crippen LogP contribution in [0.15, 0.2) is 18.2 Å². The number of anilines is 1. The van der Waals surface area contributed by atoms with Crippen LogP contribution in [0.25, 0.3) is 0 Å². The van der Waals surface area contributed by atoms with Gasteiger partial charge in [0.1, 0.15) is 5.69 Å². The monoisotopic (exact) mass is 269 g/mol. The first-order valence-electron chi connectivity index (χ1n) is 5.05. The minimum Gasteiger partial charge on any atom is -0.479 e. The molecular formula is C10H11N3O6. The molecule has 0 spiro atoms. The summed E-state index contributed by atoms with van der Waals surface area (Å²) >= 11 is 0. The number of hydrogen-bond acceptors (Lipinski definition) is 6. The summed E-state index contributed by atoms with van der Waals surface area (Å²) in [5.74, 6) is -1.70. The molecule has 102 valence electrons. The standard InChI is InChI=1S/C10H11N3O6/c1-11-10(16)6-2-3-7(8(4-6)13(17)18)12-19-5-9(14)15/h2-4,12H,5H2,1H3,(H,11,16)(H,14,15). The zero-order valence-corrected chi connectivity index (χ0v) is 9.87. The van der Waals surface area contributed by atoms with E-state index in [9.17, 15) is 19.7 Å². The first-order chi connectivity index (χ1) is 8.95. The van der Waals surface area contributed by atoms with Crippen LogP contribution in [0.2, 0.25) is 0 Å². The third-order valence-corrected chi connectivity index (χ3v) is 2.06. The van der Waals surface area contributed by atoms with E-state index in [1.54, 1.807) is 0 Å². The molecule has 0 radical (unpaired) electrons. The molecule has 0 aliphatic rings. The Morgan fingerprint density at radius 3 is 2.68 bits per heavy atom. The van der Waals surface area contributed by atoms with Crippen molar-refractivity contribution in [1.29, 1.82) is 0 Å². The van der Waals surface area contributed by atoms with Gasteiger partial charge in [-0.05, 0) is 12.1 Å². The van der Waals surface area contributed by atoms with Crippen molar-refractivity contribution in [2.45, 2.75) is 0 Å². The molecule has 1 aromatic carbocycles. The van der Waals surface area contributed by atoms with Gasteiger partial charge >= 0.3 is 5.97 Å². The SMILES string of the molecule is CNC(=O)c1ccc(NOCC(=O)O)c([N+](=O)[O-])c1. The number of carboxylic acid groups (broad SMARTS) is 1. The first kappa shape index (κ1) is 14.4. The number of nitrogens with one attached hydrogen (secondary N) is 2. The van der Waals surface area contributed by atoms with Gasteiger partial charge in [-0.2, -0.15) is 0 Å². The van der Waals surface area contributed by atoms with Crippen molar-refractivity contribution in [2.75, 3.05) is 19.1 Å². The van der Waals surface area contributed by atoms with E-state index < -0.39 is 29.1 Å². The molecule has 1 aromatic rings. The van der Waals surface area contributed by atoms with Crippen LogP contribution >= 0.6 is 0 Å². The molecule has 9 nitrogen and oxygen atoms in total. The van der Waals surface area contributed by atoms with Crippen molar-refractivity contribution < 1.29 is 24.5 Å². The molecular weight excluding hydrogens is 258 g/mol. The van der Waals surface area contributed by atoms with Gasteiger partial charge in [-0.3, -0.25) is 25.2 Å². The van der Waals surface area contributed by atoms with Crippen molar-refractivity contribution in [3.63, 3.8) is 0 Å². The molecule has 0 bridgehead atoms. The fraction of sp³-hybridized carbons (Fsp3) is 0.200. The average Bonchev–Trinajstić information content (AvgIpc) is 2.37. The predicted octanol–water partition coefficient (Wildman–Crippen LogP) is 0.383. The van der Waals surface area contributed by atoms with Crippen molar-refractivity contribution in [2.24, 2.45) is 0 Å². The highest BCUT2D eigenvalue weighted by Crippen LogP contribution is 2.25. The van der Waals surface area contributed by atoms with Crippen molar-refractivity contribution in [3.05, 3.63) is 33.9 Å². The topological polar surface area (TPSA) is 131 Å². The lowest BCUT2D eigenvalue weighted by atomic mass is 10.1. The number of nitro benzene ring substituents is 1. The summed E-state index contributed by atoms with van der Waals surface area (Å²) < 4.78 is 0. The zero-order chi connectivity index (χ0) is 14.4. The van der Waals surface area contributed by atoms with Gasteiger partial charge in [-0.15, -0.1) is 0 Å². The van der Waals surface area contributed by atoms with Crippen molar-refractivity contribution >= 4 is 23.3 Å². The highest BCUT2D eigenvalue weighted by molar-refractivity contribution is 5.95. The van der Waals surface area contributed by atoms with Crippen molar-refractivity contribution in [1.82, 2.24) is 5.32 Å². The van der Waals surface area contributed by atoms with E-state index in [2.05, 4.69) is 15.6 Å². The molecule has 0 aromatic heterocycles. The summed E-state index contributed by atoms with van der Waals surface area (Å²) in [4.78, 5) is 36.3. The second-order valence-corrected chi connectivity index (χ2v) is 3.35. The summed E-state index contributed by atoms with van der Waals surface area (Å²) in [7, 11) is 1.40. The molecule has 0 aliphatic carbocycles. The van der Waals surface area contributed by atoms with Gasteiger partial charge in [0.15, 0.2) is 6.61 Å². The molecule has 9 heteroatoms. The number of rotatable bonds is 6. The molecule has 1 rings (SSSR count). The van der Waals surface area contributed by atoms with E-state index >= 15 is 0 Å². The lowest BCUT2D eigenvalue weighted by Gasteiger charge is -2.07. The number of carbonyl (C=O) groups excluding carboxylic acids is 1. The molecule has 1 amide bonds. The normalized spacial score (nSPS) is 9.74. The van der Waals surface area contributed by atoms with Gasteiger partial charge in [-0.1, -0.05) is 0 Å². The summed E-state index contributed by atoms with van der Waals surface area (Å²) in [5.41, 5.74) is 1.83. The maximum absolute atomic E-state index is 11.3. The smallest absolute Gasteiger partial charge is 0.332 e. The molecule has 0 heterocycles. The predicted molar refractivity (Wildman–Crippen MR) is 63.7 cm³/mol. The number of benzene rings is 1. The summed E-state index contributed by atoms with van der Waals surface area (Å²) in [6.07, 6.45) is 0. The van der Waals surface area contributed by atoms with Crippen LogP contribution in [0.4, 0.5) is 11.4 Å². The minimum absolute atomic E-state index is 0.0427. The Morgan fingerprint density at radius 1 is 1.47 bits per heavy atom. The zero-order valence-electron chi connectivity index (χ0n) is 9.87. The van der Waals surface area contributed by atoms with Crippen LogP contribution in [0, 0.1) is 10.1 Å². The summed E-state index contributed by atoms with van der Waals surface area (Å²) in [6.45, 7) is -0.658. The Hall–Kier alpha value is -2.68. The van der Waals surface area contributed by atoms with Crippen LogP contribution < -0.4 is 10.8 Å². The maximum Gasteiger partial charge on any atom is 0.332 e. The van der Waals surface area contributed by atoms with Gasteiger partial charge < -0.3 is 10.4 Å². The Kier molecular flexibility index (Phi) is 4.77. The number of carboxylic acids is 1. The maximum atomic E-state index is 11.3. The lowest BCUT2D eigenvalue weighted by molar-refractivity contribution is -0.384. The molecule has 0 saturated heterocycles. The lowest BCUT2D eigenvalue weighted by Crippen LogP contribution is -2.18. The average molecular weight is 269 g/mol. The molecule has 0 saturated carbocycles. The van der Waals surface area contributed by atoms with E-state index in [1.807, 2.05) is 0 Å². The highest BCUT2D eigenvalue weighted by Gasteiger charge is 2.17. The highest BCUT2D eigenvalue weighted by atomic mass is 16.7. The molecule has 0 atom stereocenters. The van der Waals surface area contributed by atoms with Gasteiger partial charge in [-0.25, -0.2) is 4.79 Å². The molecule has 19 heavy (non-hydrogen) atoms. The Balaban J connectivity index is 2.95. The number of carbonyl (C=O) groups is 2. The number of hydrogen-bond donors (Lipinski definition) is 3. The number of nitrogens with zero attached hydrogens (tertiary/aromatic N) is 1. The number of nitro groups is 1. The van der Waals surface area contributed by atoms with E-state index in [-0.39, 0.29) is 11.3 Å². The quantitative estimate of drug-likeness (QED) is 0.502. The van der Waals surface area contributed by atoms with Crippen LogP contribution in [0.5, 0.6) is 0 Å². The minimum atomic E-state index is -1.22. The van der Waals surface area contributed by atoms with Crippen LogP contribution in [-0.2, 0) is 9.63 Å². The molecule has 0 unspecified atom stereocenters. The van der Waals surface area contributed by atoms with Gasteiger partial charge in [0.25, 0.3) is 11.6 Å². The van der Waals surface area contributed by atoms with E-state index in [4.69, 9.17) is 5.11 Å². The van der Waals surface area contributed by atoms with E-state index in [0.717, 1.165) is 6.07 Å². The summed E-state index contributed by atoms with van der Waals surface area (Å²) in [6, 6.07) is 3.66. The van der Waals surface area contributed by atoms with Gasteiger partial charge in [0.05, 0.1) is 4.92 Å². The Labute approximate surface area is 107 Å². The first-order valence-corrected chi connectivity index (χ1v) is 5.05. The second-order valence-electron chi connectivity index (χ2n) is 3.35. The molecule has 0 aliphatic heterocycles. The Morgan fingerprint density at radius 2 is 2.16 bits per heavy atom. The van der Waals surface area contributed by atoms with E-state index in [1.165, 1.54) is 19.2 Å². The van der Waals surface area contributed by atoms with Crippen LogP contribution in [0.1, 0.15) is 10.4 Å². The van der Waals surface area contributed by atoms with E-state index in [0.29, 0.717) is 0 Å². The number of amides is 1. The van der Waals surface area contributed by atoms with Crippen LogP contribution in [0.3, 0.4) is 0 Å². The van der Waals surface area contributed by atoms with Crippen LogP contribution in [-0.4, -0.2) is 35.6 Å². The number of aliphatic carboxylic acids is 1. The fourth-order valence-corrected chi connectivity index (χ4v) is 1.23. The summed E-state index contributed by atoms with van der Waals surface area (Å²) in [5, 5.41) is 21.5. The van der Waals surface area contributed by atoms with Gasteiger partial charge in [0.2, 0.25) is 0 Å². The third kappa shape index (κ3) is 3.92. The van der Waals surface area contributed by atoms with Crippen molar-refractivity contribution in [3.8, 4) is 0 Å². The third-order valence-electron chi connectivity index (χ3n) is 2.06. The Bertz CT molecular complexity index is 516. The second kappa shape index (κ2) is 6.31. The largest absolute Gasteiger partial charge is 0.479 e. The molecule has 0 fully saturated rings. The van der Waals surface area contributed by atoms with Gasteiger partial charge in [0, 0.05) is 18.7 Å². The molecule has 3 N–H and O–H groups in total. The fourth-order valence-electron chi connectivity index (χ4n) is 1.23.